The van der Waals surface area contributed by atoms with Crippen LogP contribution >= 0.6 is 0 Å². The number of hydrogen-bond acceptors (Lipinski definition) is 2. The third-order valence-corrected chi connectivity index (χ3v) is 3.86. The maximum Gasteiger partial charge on any atom is 0.251 e. The minimum Gasteiger partial charge on any atom is -0.388 e. The molecule has 2 atom stereocenters. The largest absolute Gasteiger partial charge is 0.388 e. The Bertz CT molecular complexity index is 399. The highest BCUT2D eigenvalue weighted by Crippen LogP contribution is 2.24. The molecular formula is C15H22N2O. The van der Waals surface area contributed by atoms with E-state index in [1.165, 1.54) is 19.3 Å². The van der Waals surface area contributed by atoms with Crippen LogP contribution in [0.15, 0.2) is 24.3 Å². The summed E-state index contributed by atoms with van der Waals surface area (Å²) in [6.07, 6.45) is 4.86. The van der Waals surface area contributed by atoms with E-state index in [-0.39, 0.29) is 5.91 Å². The number of carbonyl (C=O) groups excluding carboxylic acids is 1. The van der Waals surface area contributed by atoms with E-state index in [0.717, 1.165) is 17.7 Å². The lowest BCUT2D eigenvalue weighted by Crippen LogP contribution is -2.41. The first-order valence-electron chi connectivity index (χ1n) is 6.79. The summed E-state index contributed by atoms with van der Waals surface area (Å²) in [4.78, 5) is 12.1. The molecule has 0 aromatic heterocycles. The number of rotatable bonds is 3. The summed E-state index contributed by atoms with van der Waals surface area (Å²) in [6.45, 7) is 2.23. The fourth-order valence-electron chi connectivity index (χ4n) is 2.57. The number of carbonyl (C=O) groups is 1. The highest BCUT2D eigenvalue weighted by atomic mass is 16.1. The lowest BCUT2D eigenvalue weighted by Gasteiger charge is -2.29. The quantitative estimate of drug-likeness (QED) is 0.860. The molecule has 0 bridgehead atoms. The van der Waals surface area contributed by atoms with Crippen LogP contribution < -0.4 is 10.6 Å². The van der Waals surface area contributed by atoms with Crippen LogP contribution in [-0.2, 0) is 0 Å². The van der Waals surface area contributed by atoms with Gasteiger partial charge in [-0.1, -0.05) is 19.8 Å². The third-order valence-electron chi connectivity index (χ3n) is 3.86. The molecule has 3 heteroatoms. The van der Waals surface area contributed by atoms with Crippen LogP contribution in [0.2, 0.25) is 0 Å². The van der Waals surface area contributed by atoms with Gasteiger partial charge in [0.25, 0.3) is 5.91 Å². The van der Waals surface area contributed by atoms with Crippen molar-refractivity contribution in [2.24, 2.45) is 5.92 Å². The normalized spacial score (nSPS) is 23.4. The number of anilines is 1. The van der Waals surface area contributed by atoms with Gasteiger partial charge in [0.15, 0.2) is 0 Å². The first-order valence-corrected chi connectivity index (χ1v) is 6.79. The lowest BCUT2D eigenvalue weighted by molar-refractivity contribution is 0.0910. The molecule has 2 rings (SSSR count). The van der Waals surface area contributed by atoms with Crippen molar-refractivity contribution in [3.05, 3.63) is 29.8 Å². The van der Waals surface area contributed by atoms with Gasteiger partial charge in [-0.05, 0) is 43.0 Å². The van der Waals surface area contributed by atoms with Crippen molar-refractivity contribution >= 4 is 11.6 Å². The molecule has 1 aromatic rings. The van der Waals surface area contributed by atoms with E-state index in [1.807, 2.05) is 31.3 Å². The molecule has 3 nitrogen and oxygen atoms in total. The summed E-state index contributed by atoms with van der Waals surface area (Å²) in [7, 11) is 1.87. The molecule has 1 amide bonds. The molecule has 1 aliphatic rings. The van der Waals surface area contributed by atoms with Crippen LogP contribution in [0.25, 0.3) is 0 Å². The highest BCUT2D eigenvalue weighted by Gasteiger charge is 2.23. The van der Waals surface area contributed by atoms with Crippen LogP contribution in [-0.4, -0.2) is 19.0 Å². The second kappa shape index (κ2) is 5.89. The Balaban J connectivity index is 1.97. The molecule has 18 heavy (non-hydrogen) atoms. The average Bonchev–Trinajstić information content (AvgIpc) is 2.41. The molecule has 0 radical (unpaired) electrons. The second-order valence-electron chi connectivity index (χ2n) is 5.17. The molecule has 1 fully saturated rings. The van der Waals surface area contributed by atoms with E-state index in [1.54, 1.807) is 0 Å². The van der Waals surface area contributed by atoms with E-state index in [4.69, 9.17) is 0 Å². The fourth-order valence-corrected chi connectivity index (χ4v) is 2.57. The zero-order valence-corrected chi connectivity index (χ0v) is 11.2. The van der Waals surface area contributed by atoms with Crippen LogP contribution in [0.3, 0.4) is 0 Å². The predicted molar refractivity (Wildman–Crippen MR) is 74.9 cm³/mol. The molecule has 0 aliphatic heterocycles. The van der Waals surface area contributed by atoms with Crippen molar-refractivity contribution in [2.75, 3.05) is 12.4 Å². The second-order valence-corrected chi connectivity index (χ2v) is 5.17. The molecule has 1 saturated carbocycles. The number of hydrogen-bond donors (Lipinski definition) is 2. The number of amides is 1. The molecule has 0 spiro atoms. The standard InChI is InChI=1S/C15H22N2O/c1-11-5-3-4-6-14(11)17-15(18)12-7-9-13(16-2)10-8-12/h7-11,14,16H,3-6H2,1-2H3,(H,17,18). The van der Waals surface area contributed by atoms with Crippen LogP contribution in [0.4, 0.5) is 5.69 Å². The Hall–Kier alpha value is -1.51. The summed E-state index contributed by atoms with van der Waals surface area (Å²) in [5.74, 6) is 0.649. The van der Waals surface area contributed by atoms with Gasteiger partial charge in [0, 0.05) is 24.3 Å². The van der Waals surface area contributed by atoms with Gasteiger partial charge < -0.3 is 10.6 Å². The van der Waals surface area contributed by atoms with Crippen molar-refractivity contribution in [3.8, 4) is 0 Å². The summed E-state index contributed by atoms with van der Waals surface area (Å²) in [6, 6.07) is 7.94. The Labute approximate surface area is 109 Å². The average molecular weight is 246 g/mol. The molecule has 2 unspecified atom stereocenters. The molecular weight excluding hydrogens is 224 g/mol. The van der Waals surface area contributed by atoms with Gasteiger partial charge in [0.2, 0.25) is 0 Å². The Morgan fingerprint density at radius 1 is 1.17 bits per heavy atom. The topological polar surface area (TPSA) is 41.1 Å². The summed E-state index contributed by atoms with van der Waals surface area (Å²) in [5, 5.41) is 6.21. The van der Waals surface area contributed by atoms with E-state index in [9.17, 15) is 4.79 Å². The summed E-state index contributed by atoms with van der Waals surface area (Å²) >= 11 is 0. The minimum absolute atomic E-state index is 0.0522. The SMILES string of the molecule is CNc1ccc(C(=O)NC2CCCCC2C)cc1. The van der Waals surface area contributed by atoms with Crippen molar-refractivity contribution < 1.29 is 4.79 Å². The van der Waals surface area contributed by atoms with Crippen molar-refractivity contribution in [3.63, 3.8) is 0 Å². The van der Waals surface area contributed by atoms with Gasteiger partial charge in [-0.25, -0.2) is 0 Å². The zero-order valence-electron chi connectivity index (χ0n) is 11.2. The molecule has 2 N–H and O–H groups in total. The number of benzene rings is 1. The molecule has 0 saturated heterocycles. The van der Waals surface area contributed by atoms with Crippen LogP contribution in [0.1, 0.15) is 43.0 Å². The van der Waals surface area contributed by atoms with Gasteiger partial charge in [0.05, 0.1) is 0 Å². The third kappa shape index (κ3) is 3.03. The first-order chi connectivity index (χ1) is 8.70. The Kier molecular flexibility index (Phi) is 4.24. The van der Waals surface area contributed by atoms with E-state index in [0.29, 0.717) is 12.0 Å². The van der Waals surface area contributed by atoms with Crippen LogP contribution in [0.5, 0.6) is 0 Å². The van der Waals surface area contributed by atoms with Gasteiger partial charge >= 0.3 is 0 Å². The Morgan fingerprint density at radius 3 is 2.44 bits per heavy atom. The molecule has 1 aromatic carbocycles. The highest BCUT2D eigenvalue weighted by molar-refractivity contribution is 5.94. The van der Waals surface area contributed by atoms with E-state index >= 15 is 0 Å². The maximum absolute atomic E-state index is 12.1. The monoisotopic (exact) mass is 246 g/mol. The van der Waals surface area contributed by atoms with Gasteiger partial charge in [-0.2, -0.15) is 0 Å². The zero-order chi connectivity index (χ0) is 13.0. The predicted octanol–water partition coefficient (Wildman–Crippen LogP) is 3.04. The fraction of sp³-hybridized carbons (Fsp3) is 0.533. The summed E-state index contributed by atoms with van der Waals surface area (Å²) in [5.41, 5.74) is 1.77. The van der Waals surface area contributed by atoms with Gasteiger partial charge in [0.1, 0.15) is 0 Å². The van der Waals surface area contributed by atoms with Gasteiger partial charge in [-0.15, -0.1) is 0 Å². The van der Waals surface area contributed by atoms with Crippen molar-refractivity contribution in [1.82, 2.24) is 5.32 Å². The summed E-state index contributed by atoms with van der Waals surface area (Å²) < 4.78 is 0. The smallest absolute Gasteiger partial charge is 0.251 e. The maximum atomic E-state index is 12.1. The lowest BCUT2D eigenvalue weighted by atomic mass is 9.86. The van der Waals surface area contributed by atoms with Crippen LogP contribution in [0, 0.1) is 5.92 Å². The first kappa shape index (κ1) is 12.9. The van der Waals surface area contributed by atoms with Gasteiger partial charge in [-0.3, -0.25) is 4.79 Å². The molecule has 98 valence electrons. The van der Waals surface area contributed by atoms with E-state index < -0.39 is 0 Å². The minimum atomic E-state index is 0.0522. The van der Waals surface area contributed by atoms with E-state index in [2.05, 4.69) is 17.6 Å². The molecule has 0 heterocycles. The Morgan fingerprint density at radius 2 is 1.83 bits per heavy atom. The van der Waals surface area contributed by atoms with Crippen molar-refractivity contribution in [2.45, 2.75) is 38.6 Å². The van der Waals surface area contributed by atoms with Crippen molar-refractivity contribution in [1.29, 1.82) is 0 Å². The molecule has 1 aliphatic carbocycles. The number of nitrogens with one attached hydrogen (secondary N) is 2.